The van der Waals surface area contributed by atoms with Gasteiger partial charge >= 0.3 is 5.97 Å². The Bertz CT molecular complexity index is 278. The minimum Gasteiger partial charge on any atom is -0.480 e. The number of aliphatic carboxylic acids is 1. The van der Waals surface area contributed by atoms with Crippen LogP contribution in [0, 0.1) is 11.8 Å². The van der Waals surface area contributed by atoms with Gasteiger partial charge in [0.25, 0.3) is 0 Å². The Morgan fingerprint density at radius 3 is 2.53 bits per heavy atom. The largest absolute Gasteiger partial charge is 0.480 e. The summed E-state index contributed by atoms with van der Waals surface area (Å²) in [4.78, 5) is 34.1. The van der Waals surface area contributed by atoms with Crippen LogP contribution in [0.5, 0.6) is 0 Å². The third-order valence-electron chi connectivity index (χ3n) is 2.69. The van der Waals surface area contributed by atoms with E-state index in [1.54, 1.807) is 0 Å². The molecule has 1 rings (SSSR count). The van der Waals surface area contributed by atoms with Crippen molar-refractivity contribution in [3.8, 4) is 0 Å². The smallest absolute Gasteiger partial charge is 0.323 e. The highest BCUT2D eigenvalue weighted by molar-refractivity contribution is 5.95. The predicted octanol–water partition coefficient (Wildman–Crippen LogP) is 1.17. The zero-order chi connectivity index (χ0) is 13.4. The van der Waals surface area contributed by atoms with Gasteiger partial charge in [-0.15, -0.1) is 0 Å². The number of carbonyl (C=O) groups is 3. The Morgan fingerprint density at radius 2 is 2.12 bits per heavy atom. The first kappa shape index (κ1) is 15.6. The number of hydrogen-bond donors (Lipinski definition) is 1. The zero-order valence-electron chi connectivity index (χ0n) is 10.7. The third kappa shape index (κ3) is 4.17. The maximum atomic E-state index is 11.6. The van der Waals surface area contributed by atoms with E-state index in [2.05, 4.69) is 0 Å². The average molecular weight is 243 g/mol. The molecule has 0 bridgehead atoms. The fourth-order valence-electron chi connectivity index (χ4n) is 2.02. The molecule has 1 saturated heterocycles. The number of nitrogens with zero attached hydrogens (tertiary/aromatic N) is 1. The Labute approximate surface area is 102 Å². The number of aldehydes is 1. The van der Waals surface area contributed by atoms with Crippen molar-refractivity contribution >= 4 is 18.2 Å². The van der Waals surface area contributed by atoms with E-state index < -0.39 is 11.9 Å². The zero-order valence-corrected chi connectivity index (χ0v) is 10.7. The lowest BCUT2D eigenvalue weighted by molar-refractivity contribution is -0.144. The number of amides is 1. The summed E-state index contributed by atoms with van der Waals surface area (Å²) in [6.45, 7) is 6.07. The van der Waals surface area contributed by atoms with Crippen molar-refractivity contribution in [1.29, 1.82) is 0 Å². The van der Waals surface area contributed by atoms with E-state index in [4.69, 9.17) is 5.11 Å². The Morgan fingerprint density at radius 1 is 1.53 bits per heavy atom. The van der Waals surface area contributed by atoms with Gasteiger partial charge in [0.2, 0.25) is 5.91 Å². The van der Waals surface area contributed by atoms with Crippen LogP contribution in [-0.4, -0.2) is 41.3 Å². The summed E-state index contributed by atoms with van der Waals surface area (Å²) < 4.78 is 0. The Balaban J connectivity index is 0.00000121. The van der Waals surface area contributed by atoms with Gasteiger partial charge in [0.15, 0.2) is 0 Å². The van der Waals surface area contributed by atoms with Gasteiger partial charge < -0.3 is 14.8 Å². The molecule has 1 aliphatic rings. The molecule has 0 aromatic carbocycles. The maximum Gasteiger partial charge on any atom is 0.323 e. The van der Waals surface area contributed by atoms with Crippen LogP contribution in [0.1, 0.15) is 33.6 Å². The first-order valence-electron chi connectivity index (χ1n) is 6.06. The molecule has 1 amide bonds. The van der Waals surface area contributed by atoms with Gasteiger partial charge in [-0.2, -0.15) is 0 Å². The number of likely N-dealkylation sites (tertiary alicyclic amines) is 1. The quantitative estimate of drug-likeness (QED) is 0.581. The standard InChI is InChI=1S/C10H15NO4.C2H6/c1-2-3-7-4-11(5-9(13)14)10(15)8(7)6-12;1-2/h6-8H,2-5H2,1H3,(H,13,14);1-2H3. The summed E-state index contributed by atoms with van der Waals surface area (Å²) in [5.41, 5.74) is 0. The van der Waals surface area contributed by atoms with Crippen molar-refractivity contribution in [1.82, 2.24) is 4.90 Å². The van der Waals surface area contributed by atoms with E-state index >= 15 is 0 Å². The summed E-state index contributed by atoms with van der Waals surface area (Å²) >= 11 is 0. The molecule has 0 radical (unpaired) electrons. The molecule has 0 aromatic rings. The third-order valence-corrected chi connectivity index (χ3v) is 2.69. The molecule has 0 spiro atoms. The first-order valence-corrected chi connectivity index (χ1v) is 6.06. The molecule has 98 valence electrons. The Kier molecular flexibility index (Phi) is 7.18. The summed E-state index contributed by atoms with van der Waals surface area (Å²) in [7, 11) is 0. The average Bonchev–Trinajstić information content (AvgIpc) is 2.58. The van der Waals surface area contributed by atoms with E-state index in [1.807, 2.05) is 20.8 Å². The molecule has 0 aliphatic carbocycles. The number of carboxylic acid groups (broad SMARTS) is 1. The van der Waals surface area contributed by atoms with E-state index in [-0.39, 0.29) is 18.4 Å². The van der Waals surface area contributed by atoms with Crippen LogP contribution in [0.4, 0.5) is 0 Å². The summed E-state index contributed by atoms with van der Waals surface area (Å²) in [6, 6.07) is 0. The van der Waals surface area contributed by atoms with Gasteiger partial charge in [0.1, 0.15) is 12.8 Å². The number of carbonyl (C=O) groups excluding carboxylic acids is 2. The number of hydrogen-bond acceptors (Lipinski definition) is 3. The van der Waals surface area contributed by atoms with Crippen molar-refractivity contribution in [3.63, 3.8) is 0 Å². The summed E-state index contributed by atoms with van der Waals surface area (Å²) in [5, 5.41) is 8.58. The monoisotopic (exact) mass is 243 g/mol. The fourth-order valence-corrected chi connectivity index (χ4v) is 2.02. The highest BCUT2D eigenvalue weighted by Crippen LogP contribution is 2.26. The molecule has 2 unspecified atom stereocenters. The second kappa shape index (κ2) is 7.81. The normalized spacial score (nSPS) is 23.0. The molecule has 0 aromatic heterocycles. The molecule has 5 nitrogen and oxygen atoms in total. The van der Waals surface area contributed by atoms with Crippen LogP contribution in [0.15, 0.2) is 0 Å². The highest BCUT2D eigenvalue weighted by atomic mass is 16.4. The molecule has 5 heteroatoms. The molecule has 2 atom stereocenters. The fraction of sp³-hybridized carbons (Fsp3) is 0.750. The van der Waals surface area contributed by atoms with Crippen LogP contribution < -0.4 is 0 Å². The minimum absolute atomic E-state index is 0.0145. The van der Waals surface area contributed by atoms with Gasteiger partial charge in [-0.05, 0) is 12.3 Å². The van der Waals surface area contributed by atoms with E-state index in [9.17, 15) is 14.4 Å². The molecule has 1 aliphatic heterocycles. The SMILES string of the molecule is CC.CCCC1CN(CC(=O)O)C(=O)C1C=O. The lowest BCUT2D eigenvalue weighted by Crippen LogP contribution is -2.32. The molecular formula is C12H21NO4. The highest BCUT2D eigenvalue weighted by Gasteiger charge is 2.39. The number of rotatable bonds is 5. The summed E-state index contributed by atoms with van der Waals surface area (Å²) in [5.74, 6) is -2.03. The predicted molar refractivity (Wildman–Crippen MR) is 63.5 cm³/mol. The van der Waals surface area contributed by atoms with Gasteiger partial charge in [0.05, 0.1) is 5.92 Å². The van der Waals surface area contributed by atoms with Crippen molar-refractivity contribution < 1.29 is 19.5 Å². The van der Waals surface area contributed by atoms with Crippen molar-refractivity contribution in [3.05, 3.63) is 0 Å². The van der Waals surface area contributed by atoms with Crippen LogP contribution >= 0.6 is 0 Å². The minimum atomic E-state index is -1.04. The molecule has 1 fully saturated rings. The van der Waals surface area contributed by atoms with Gasteiger partial charge in [-0.25, -0.2) is 0 Å². The van der Waals surface area contributed by atoms with Crippen LogP contribution in [0.3, 0.4) is 0 Å². The molecular weight excluding hydrogens is 222 g/mol. The lowest BCUT2D eigenvalue weighted by atomic mass is 9.93. The van der Waals surface area contributed by atoms with Crippen LogP contribution in [0.2, 0.25) is 0 Å². The molecule has 1 N–H and O–H groups in total. The van der Waals surface area contributed by atoms with E-state index in [1.165, 1.54) is 4.90 Å². The molecule has 17 heavy (non-hydrogen) atoms. The molecule has 0 saturated carbocycles. The van der Waals surface area contributed by atoms with E-state index in [0.29, 0.717) is 12.8 Å². The van der Waals surface area contributed by atoms with Gasteiger partial charge in [-0.3, -0.25) is 9.59 Å². The van der Waals surface area contributed by atoms with Gasteiger partial charge in [0, 0.05) is 6.54 Å². The van der Waals surface area contributed by atoms with Crippen LogP contribution in [-0.2, 0) is 14.4 Å². The second-order valence-electron chi connectivity index (χ2n) is 3.82. The second-order valence-corrected chi connectivity index (χ2v) is 3.82. The lowest BCUT2D eigenvalue weighted by Gasteiger charge is -2.12. The van der Waals surface area contributed by atoms with Crippen molar-refractivity contribution in [2.75, 3.05) is 13.1 Å². The summed E-state index contributed by atoms with van der Waals surface area (Å²) in [6.07, 6.45) is 2.32. The Hall–Kier alpha value is -1.39. The molecule has 1 heterocycles. The topological polar surface area (TPSA) is 74.7 Å². The number of carboxylic acids is 1. The first-order chi connectivity index (χ1) is 8.10. The van der Waals surface area contributed by atoms with Crippen molar-refractivity contribution in [2.24, 2.45) is 11.8 Å². The van der Waals surface area contributed by atoms with Gasteiger partial charge in [-0.1, -0.05) is 27.2 Å². The maximum absolute atomic E-state index is 11.6. The van der Waals surface area contributed by atoms with Crippen LogP contribution in [0.25, 0.3) is 0 Å². The van der Waals surface area contributed by atoms with E-state index in [0.717, 1.165) is 12.8 Å². The van der Waals surface area contributed by atoms with Crippen molar-refractivity contribution in [2.45, 2.75) is 33.6 Å².